The maximum atomic E-state index is 10.9. The van der Waals surface area contributed by atoms with Gasteiger partial charge in [-0.1, -0.05) is 51.9 Å². The number of rotatable bonds is 9. The van der Waals surface area contributed by atoms with E-state index in [1.54, 1.807) is 12.1 Å². The Morgan fingerprint density at radius 3 is 2.67 bits per heavy atom. The Labute approximate surface area is 199 Å². The van der Waals surface area contributed by atoms with Gasteiger partial charge in [0.2, 0.25) is 11.7 Å². The number of carbonyl (C=O) groups excluding carboxylic acids is 1. The summed E-state index contributed by atoms with van der Waals surface area (Å²) >= 11 is 14.6. The molecule has 9 heteroatoms. The number of hydrogen-bond donors (Lipinski definition) is 2. The van der Waals surface area contributed by atoms with Crippen molar-refractivity contribution in [3.63, 3.8) is 0 Å². The quantitative estimate of drug-likeness (QED) is 0.264. The molecular weight excluding hydrogens is 542 g/mol. The summed E-state index contributed by atoms with van der Waals surface area (Å²) in [6.45, 7) is 3.49. The summed E-state index contributed by atoms with van der Waals surface area (Å²) in [5.74, 6) is -0.205. The summed E-state index contributed by atoms with van der Waals surface area (Å²) in [5, 5.41) is 7.06. The van der Waals surface area contributed by atoms with Gasteiger partial charge in [-0.2, -0.15) is 0 Å². The van der Waals surface area contributed by atoms with Gasteiger partial charge in [0, 0.05) is 36.3 Å². The molecule has 1 amide bonds. The predicted octanol–water partition coefficient (Wildman–Crippen LogP) is 4.62. The third kappa shape index (κ3) is 6.13. The normalized spacial score (nSPS) is 20.7. The van der Waals surface area contributed by atoms with E-state index in [2.05, 4.69) is 33.2 Å². The molecule has 1 fully saturated rings. The predicted molar refractivity (Wildman–Crippen MR) is 127 cm³/mol. The van der Waals surface area contributed by atoms with Crippen LogP contribution in [0.3, 0.4) is 0 Å². The topological polar surface area (TPSA) is 68.8 Å². The first-order valence-corrected chi connectivity index (χ1v) is 11.7. The van der Waals surface area contributed by atoms with E-state index in [-0.39, 0.29) is 12.0 Å². The van der Waals surface area contributed by atoms with Gasteiger partial charge >= 0.3 is 0 Å². The molecule has 2 aromatic rings. The fourth-order valence-electron chi connectivity index (χ4n) is 3.03. The molecule has 6 nitrogen and oxygen atoms in total. The van der Waals surface area contributed by atoms with Crippen molar-refractivity contribution in [1.82, 2.24) is 5.32 Å². The Morgan fingerprint density at radius 1 is 1.23 bits per heavy atom. The third-order valence-electron chi connectivity index (χ3n) is 4.50. The Bertz CT molecular complexity index is 869. The van der Waals surface area contributed by atoms with E-state index >= 15 is 0 Å². The third-order valence-corrected chi connectivity index (χ3v) is 6.05. The van der Waals surface area contributed by atoms with Gasteiger partial charge in [0.05, 0.1) is 16.1 Å². The van der Waals surface area contributed by atoms with E-state index in [0.717, 1.165) is 17.0 Å². The number of halogens is 3. The minimum Gasteiger partial charge on any atom is -0.491 e. The van der Waals surface area contributed by atoms with Crippen LogP contribution in [0.15, 0.2) is 42.5 Å². The van der Waals surface area contributed by atoms with Crippen LogP contribution in [0.1, 0.15) is 12.5 Å². The second kappa shape index (κ2) is 10.9. The summed E-state index contributed by atoms with van der Waals surface area (Å²) < 4.78 is 18.7. The largest absolute Gasteiger partial charge is 0.491 e. The van der Waals surface area contributed by atoms with E-state index in [9.17, 15) is 4.79 Å². The van der Waals surface area contributed by atoms with Crippen LogP contribution in [0, 0.1) is 0 Å². The first-order valence-electron chi connectivity index (χ1n) is 9.46. The fraction of sp³-hybridized carbons (Fsp3) is 0.381. The second-order valence-electron chi connectivity index (χ2n) is 6.81. The maximum absolute atomic E-state index is 10.9. The molecule has 1 aliphatic rings. The first kappa shape index (κ1) is 23.4. The molecule has 0 bridgehead atoms. The second-order valence-corrected chi connectivity index (χ2v) is 8.41. The summed E-state index contributed by atoms with van der Waals surface area (Å²) in [7, 11) is 0. The molecule has 3 rings (SSSR count). The van der Waals surface area contributed by atoms with Gasteiger partial charge < -0.3 is 24.8 Å². The molecule has 2 atom stereocenters. The molecule has 0 saturated carbocycles. The van der Waals surface area contributed by atoms with Crippen LogP contribution in [0.4, 0.5) is 5.69 Å². The minimum absolute atomic E-state index is 0.0384. The molecule has 1 aliphatic heterocycles. The van der Waals surface area contributed by atoms with Crippen molar-refractivity contribution < 1.29 is 19.0 Å². The van der Waals surface area contributed by atoms with Gasteiger partial charge in [-0.3, -0.25) is 4.79 Å². The highest BCUT2D eigenvalue weighted by atomic mass is 127. The van der Waals surface area contributed by atoms with Gasteiger partial charge in [-0.15, -0.1) is 0 Å². The average Bonchev–Trinajstić information content (AvgIpc) is 3.15. The van der Waals surface area contributed by atoms with Crippen LogP contribution in [-0.4, -0.2) is 42.7 Å². The van der Waals surface area contributed by atoms with Gasteiger partial charge in [0.25, 0.3) is 0 Å². The van der Waals surface area contributed by atoms with Gasteiger partial charge in [0.1, 0.15) is 18.5 Å². The van der Waals surface area contributed by atoms with Crippen LogP contribution in [0.25, 0.3) is 0 Å². The van der Waals surface area contributed by atoms with Crippen molar-refractivity contribution in [3.8, 4) is 5.75 Å². The van der Waals surface area contributed by atoms with Crippen LogP contribution in [-0.2, 0) is 20.1 Å². The van der Waals surface area contributed by atoms with Gasteiger partial charge in [-0.05, 0) is 36.4 Å². The summed E-state index contributed by atoms with van der Waals surface area (Å²) in [5.41, 5.74) is 1.72. The molecule has 2 aromatic carbocycles. The molecular formula is C21H23Cl2IN2O4. The highest BCUT2D eigenvalue weighted by Crippen LogP contribution is 2.40. The minimum atomic E-state index is -0.905. The molecule has 0 aromatic heterocycles. The zero-order valence-electron chi connectivity index (χ0n) is 16.4. The number of benzene rings is 2. The molecule has 162 valence electrons. The number of nitrogens with one attached hydrogen (secondary N) is 2. The first-order chi connectivity index (χ1) is 14.4. The van der Waals surface area contributed by atoms with Crippen LogP contribution >= 0.6 is 45.8 Å². The maximum Gasteiger partial charge on any atom is 0.216 e. The standard InChI is InChI=1S/C21H23Cl2IN2O4/c1-14(27)25-8-9-26-16-3-5-17(6-4-16)28-11-18-12-29-21(13-24,30-18)19-7-2-15(22)10-20(19)23/h2-7,10,18,26H,8-9,11-13H2,1H3,(H,25,27)/t18-,21-/m0/s1. The lowest BCUT2D eigenvalue weighted by Crippen LogP contribution is -2.31. The summed E-state index contributed by atoms with van der Waals surface area (Å²) in [6.07, 6.45) is -0.220. The molecule has 0 radical (unpaired) electrons. The molecule has 0 unspecified atom stereocenters. The number of alkyl halides is 1. The highest BCUT2D eigenvalue weighted by molar-refractivity contribution is 14.1. The van der Waals surface area contributed by atoms with E-state index < -0.39 is 5.79 Å². The van der Waals surface area contributed by atoms with Crippen molar-refractivity contribution in [2.45, 2.75) is 18.8 Å². The highest BCUT2D eigenvalue weighted by Gasteiger charge is 2.44. The van der Waals surface area contributed by atoms with Crippen molar-refractivity contribution >= 4 is 57.4 Å². The lowest BCUT2D eigenvalue weighted by Gasteiger charge is -2.27. The summed E-state index contributed by atoms with van der Waals surface area (Å²) in [4.78, 5) is 10.9. The average molecular weight is 565 g/mol. The zero-order chi connectivity index (χ0) is 21.6. The van der Waals surface area contributed by atoms with E-state index in [0.29, 0.717) is 40.8 Å². The number of ether oxygens (including phenoxy) is 3. The van der Waals surface area contributed by atoms with Crippen molar-refractivity contribution in [1.29, 1.82) is 0 Å². The lowest BCUT2D eigenvalue weighted by molar-refractivity contribution is -0.158. The van der Waals surface area contributed by atoms with E-state index in [4.69, 9.17) is 37.4 Å². The van der Waals surface area contributed by atoms with Crippen LogP contribution in [0.2, 0.25) is 10.0 Å². The van der Waals surface area contributed by atoms with E-state index in [1.807, 2.05) is 30.3 Å². The fourth-order valence-corrected chi connectivity index (χ4v) is 4.40. The number of amides is 1. The Kier molecular flexibility index (Phi) is 8.47. The molecule has 0 aliphatic carbocycles. The Hall–Kier alpha value is -1.26. The van der Waals surface area contributed by atoms with Crippen molar-refractivity contribution in [2.75, 3.05) is 36.0 Å². The SMILES string of the molecule is CC(=O)NCCNc1ccc(OC[C@H]2CO[C@](CI)(c3ccc(Cl)cc3Cl)O2)cc1. The number of carbonyl (C=O) groups is 1. The molecule has 1 heterocycles. The molecule has 30 heavy (non-hydrogen) atoms. The summed E-state index contributed by atoms with van der Waals surface area (Å²) in [6, 6.07) is 12.9. The lowest BCUT2D eigenvalue weighted by atomic mass is 10.1. The van der Waals surface area contributed by atoms with Crippen molar-refractivity contribution in [3.05, 3.63) is 58.1 Å². The van der Waals surface area contributed by atoms with Gasteiger partial charge in [-0.25, -0.2) is 0 Å². The number of anilines is 1. The van der Waals surface area contributed by atoms with Crippen LogP contribution < -0.4 is 15.4 Å². The van der Waals surface area contributed by atoms with E-state index in [1.165, 1.54) is 6.92 Å². The Balaban J connectivity index is 1.51. The molecule has 2 N–H and O–H groups in total. The molecule has 1 saturated heterocycles. The Morgan fingerprint density at radius 2 is 2.00 bits per heavy atom. The van der Waals surface area contributed by atoms with Crippen LogP contribution in [0.5, 0.6) is 5.75 Å². The van der Waals surface area contributed by atoms with Gasteiger partial charge in [0.15, 0.2) is 0 Å². The molecule has 0 spiro atoms. The van der Waals surface area contributed by atoms with Crippen molar-refractivity contribution in [2.24, 2.45) is 0 Å². The monoisotopic (exact) mass is 564 g/mol. The zero-order valence-corrected chi connectivity index (χ0v) is 20.1. The smallest absolute Gasteiger partial charge is 0.216 e. The number of hydrogen-bond acceptors (Lipinski definition) is 5.